The van der Waals surface area contributed by atoms with Crippen LogP contribution in [0, 0.1) is 17.8 Å². The van der Waals surface area contributed by atoms with Crippen molar-refractivity contribution in [3.63, 3.8) is 0 Å². The maximum absolute atomic E-state index is 6.42. The molecular weight excluding hydrogens is 256 g/mol. The summed E-state index contributed by atoms with van der Waals surface area (Å²) < 4.78 is 0. The molecule has 0 heterocycles. The van der Waals surface area contributed by atoms with Crippen LogP contribution in [0.5, 0.6) is 0 Å². The summed E-state index contributed by atoms with van der Waals surface area (Å²) >= 11 is 0. The average Bonchev–Trinajstić information content (AvgIpc) is 2.96. The maximum atomic E-state index is 6.42. The molecular formula is C19H38N2. The molecule has 3 atom stereocenters. The van der Waals surface area contributed by atoms with Crippen LogP contribution >= 0.6 is 0 Å². The van der Waals surface area contributed by atoms with Gasteiger partial charge in [0, 0.05) is 18.1 Å². The van der Waals surface area contributed by atoms with E-state index in [0.717, 1.165) is 30.3 Å². The van der Waals surface area contributed by atoms with E-state index in [1.807, 2.05) is 0 Å². The Morgan fingerprint density at radius 1 is 1.10 bits per heavy atom. The van der Waals surface area contributed by atoms with Crippen molar-refractivity contribution < 1.29 is 0 Å². The Morgan fingerprint density at radius 3 is 2.33 bits per heavy atom. The molecule has 0 aromatic carbocycles. The maximum Gasteiger partial charge on any atom is 0.0362 e. The molecule has 0 saturated heterocycles. The predicted octanol–water partition coefficient (Wildman–Crippen LogP) is 4.43. The van der Waals surface area contributed by atoms with Crippen LogP contribution in [0.15, 0.2) is 0 Å². The van der Waals surface area contributed by atoms with Crippen LogP contribution in [-0.4, -0.2) is 29.6 Å². The van der Waals surface area contributed by atoms with E-state index < -0.39 is 0 Å². The van der Waals surface area contributed by atoms with E-state index in [9.17, 15) is 0 Å². The number of nitrogens with zero attached hydrogens (tertiary/aromatic N) is 1. The summed E-state index contributed by atoms with van der Waals surface area (Å²) in [6.45, 7) is 11.7. The molecule has 2 fully saturated rings. The molecule has 0 aromatic rings. The number of nitrogens with two attached hydrogens (primary N) is 1. The molecule has 124 valence electrons. The second-order valence-corrected chi connectivity index (χ2v) is 8.41. The Bertz CT molecular complexity index is 309. The minimum atomic E-state index is 0.279. The lowest BCUT2D eigenvalue weighted by Crippen LogP contribution is -2.63. The number of rotatable bonds is 6. The van der Waals surface area contributed by atoms with Crippen LogP contribution < -0.4 is 5.73 Å². The SMILES string of the molecule is CC(C)CCN(C1CCCC1)C1(CN)CC(C)CCC1C. The van der Waals surface area contributed by atoms with Crippen molar-refractivity contribution in [2.24, 2.45) is 23.5 Å². The van der Waals surface area contributed by atoms with E-state index in [2.05, 4.69) is 32.6 Å². The monoisotopic (exact) mass is 294 g/mol. The molecule has 2 N–H and O–H groups in total. The van der Waals surface area contributed by atoms with Crippen molar-refractivity contribution in [2.75, 3.05) is 13.1 Å². The van der Waals surface area contributed by atoms with Crippen molar-refractivity contribution in [3.05, 3.63) is 0 Å². The first-order chi connectivity index (χ1) is 9.99. The Hall–Kier alpha value is -0.0800. The van der Waals surface area contributed by atoms with Gasteiger partial charge >= 0.3 is 0 Å². The fourth-order valence-electron chi connectivity index (χ4n) is 4.89. The quantitative estimate of drug-likeness (QED) is 0.785. The second-order valence-electron chi connectivity index (χ2n) is 8.41. The summed E-state index contributed by atoms with van der Waals surface area (Å²) in [7, 11) is 0. The topological polar surface area (TPSA) is 29.3 Å². The number of hydrogen-bond donors (Lipinski definition) is 1. The highest BCUT2D eigenvalue weighted by Gasteiger charge is 2.46. The molecule has 2 aliphatic rings. The average molecular weight is 295 g/mol. The normalized spacial score (nSPS) is 35.0. The van der Waals surface area contributed by atoms with Crippen LogP contribution in [0.25, 0.3) is 0 Å². The molecule has 0 aliphatic heterocycles. The predicted molar refractivity (Wildman–Crippen MR) is 92.4 cm³/mol. The molecule has 0 bridgehead atoms. The Kier molecular flexibility index (Phi) is 6.14. The molecule has 0 amide bonds. The lowest BCUT2D eigenvalue weighted by molar-refractivity contribution is -0.0336. The zero-order chi connectivity index (χ0) is 15.5. The zero-order valence-electron chi connectivity index (χ0n) is 14.9. The largest absolute Gasteiger partial charge is 0.329 e. The van der Waals surface area contributed by atoms with Gasteiger partial charge in [-0.2, -0.15) is 0 Å². The summed E-state index contributed by atoms with van der Waals surface area (Å²) in [5.74, 6) is 2.39. The molecule has 2 saturated carbocycles. The van der Waals surface area contributed by atoms with E-state index in [1.54, 1.807) is 0 Å². The van der Waals surface area contributed by atoms with Gasteiger partial charge in [-0.1, -0.05) is 47.0 Å². The fraction of sp³-hybridized carbons (Fsp3) is 1.00. The molecule has 0 aromatic heterocycles. The molecule has 2 aliphatic carbocycles. The molecule has 2 rings (SSSR count). The Morgan fingerprint density at radius 2 is 1.76 bits per heavy atom. The Balaban J connectivity index is 2.21. The first kappa shape index (κ1) is 17.3. The van der Waals surface area contributed by atoms with E-state index >= 15 is 0 Å². The molecule has 0 radical (unpaired) electrons. The van der Waals surface area contributed by atoms with Crippen molar-refractivity contribution in [1.82, 2.24) is 4.90 Å². The van der Waals surface area contributed by atoms with Gasteiger partial charge in [0.15, 0.2) is 0 Å². The van der Waals surface area contributed by atoms with E-state index in [-0.39, 0.29) is 5.54 Å². The minimum absolute atomic E-state index is 0.279. The molecule has 2 nitrogen and oxygen atoms in total. The smallest absolute Gasteiger partial charge is 0.0362 e. The van der Waals surface area contributed by atoms with Gasteiger partial charge in [-0.25, -0.2) is 0 Å². The summed E-state index contributed by atoms with van der Waals surface area (Å²) in [5, 5.41) is 0. The number of hydrogen-bond acceptors (Lipinski definition) is 2. The van der Waals surface area contributed by atoms with Crippen LogP contribution in [0.3, 0.4) is 0 Å². The third-order valence-corrected chi connectivity index (χ3v) is 6.35. The van der Waals surface area contributed by atoms with E-state index in [4.69, 9.17) is 5.73 Å². The van der Waals surface area contributed by atoms with Gasteiger partial charge < -0.3 is 5.73 Å². The Labute approximate surface area is 132 Å². The molecule has 0 spiro atoms. The second kappa shape index (κ2) is 7.46. The highest BCUT2D eigenvalue weighted by atomic mass is 15.2. The standard InChI is InChI=1S/C19H38N2/c1-15(2)11-12-21(18-7-5-6-8-18)19(14-20)13-16(3)9-10-17(19)4/h15-18H,5-14,20H2,1-4H3. The van der Waals surface area contributed by atoms with Crippen LogP contribution in [0.1, 0.15) is 79.1 Å². The van der Waals surface area contributed by atoms with Gasteiger partial charge in [0.1, 0.15) is 0 Å². The lowest BCUT2D eigenvalue weighted by Gasteiger charge is -2.54. The molecule has 21 heavy (non-hydrogen) atoms. The summed E-state index contributed by atoms with van der Waals surface area (Å²) in [6.07, 6.45) is 11.1. The van der Waals surface area contributed by atoms with Gasteiger partial charge in [0.2, 0.25) is 0 Å². The van der Waals surface area contributed by atoms with Crippen molar-refractivity contribution >= 4 is 0 Å². The fourth-order valence-corrected chi connectivity index (χ4v) is 4.89. The molecule has 3 unspecified atom stereocenters. The first-order valence-corrected chi connectivity index (χ1v) is 9.46. The third-order valence-electron chi connectivity index (χ3n) is 6.35. The summed E-state index contributed by atoms with van der Waals surface area (Å²) in [6, 6.07) is 0.806. The lowest BCUT2D eigenvalue weighted by atomic mass is 9.68. The van der Waals surface area contributed by atoms with Crippen LogP contribution in [0.2, 0.25) is 0 Å². The van der Waals surface area contributed by atoms with E-state index in [1.165, 1.54) is 57.9 Å². The summed E-state index contributed by atoms with van der Waals surface area (Å²) in [5.41, 5.74) is 6.70. The van der Waals surface area contributed by atoms with Crippen LogP contribution in [-0.2, 0) is 0 Å². The van der Waals surface area contributed by atoms with Crippen molar-refractivity contribution in [2.45, 2.75) is 90.6 Å². The minimum Gasteiger partial charge on any atom is -0.329 e. The van der Waals surface area contributed by atoms with Crippen molar-refractivity contribution in [3.8, 4) is 0 Å². The van der Waals surface area contributed by atoms with Gasteiger partial charge in [-0.15, -0.1) is 0 Å². The van der Waals surface area contributed by atoms with Gasteiger partial charge in [-0.05, 0) is 56.4 Å². The highest BCUT2D eigenvalue weighted by Crippen LogP contribution is 2.43. The first-order valence-electron chi connectivity index (χ1n) is 9.46. The van der Waals surface area contributed by atoms with Gasteiger partial charge in [0.05, 0.1) is 0 Å². The summed E-state index contributed by atoms with van der Waals surface area (Å²) in [4.78, 5) is 2.90. The van der Waals surface area contributed by atoms with E-state index in [0.29, 0.717) is 0 Å². The van der Waals surface area contributed by atoms with Gasteiger partial charge in [-0.3, -0.25) is 4.90 Å². The van der Waals surface area contributed by atoms with Crippen LogP contribution in [0.4, 0.5) is 0 Å². The van der Waals surface area contributed by atoms with Gasteiger partial charge in [0.25, 0.3) is 0 Å². The van der Waals surface area contributed by atoms with Crippen molar-refractivity contribution in [1.29, 1.82) is 0 Å². The molecule has 2 heteroatoms. The third kappa shape index (κ3) is 3.82. The highest BCUT2D eigenvalue weighted by molar-refractivity contribution is 5.02. The zero-order valence-corrected chi connectivity index (χ0v) is 14.9.